The van der Waals surface area contributed by atoms with Gasteiger partial charge < -0.3 is 20.4 Å². The van der Waals surface area contributed by atoms with Crippen molar-refractivity contribution in [1.82, 2.24) is 9.88 Å². The smallest absolute Gasteiger partial charge is 0.390 e. The molecule has 1 saturated heterocycles. The first kappa shape index (κ1) is 28.1. The standard InChI is InChI=1S/C29H32F3N5O2/c1-3-39-28(38)25-19-24(26(20(2)33)27(35-25)34-22-7-5-4-6-8-22)21-9-11-23(12-10-21)37-17-15-36(16-18-37)14-13-29(30,31)32/h4-12,19,33H,3,13-18H2,1-2H3,(H,34,35). The predicted octanol–water partition coefficient (Wildman–Crippen LogP) is 6.13. The van der Waals surface area contributed by atoms with Crippen LogP contribution < -0.4 is 10.2 Å². The summed E-state index contributed by atoms with van der Waals surface area (Å²) in [5.74, 6) is -0.169. The molecule has 206 valence electrons. The zero-order chi connectivity index (χ0) is 28.0. The van der Waals surface area contributed by atoms with Crippen molar-refractivity contribution < 1.29 is 22.7 Å². The number of carbonyl (C=O) groups is 1. The van der Waals surface area contributed by atoms with Gasteiger partial charge in [0.05, 0.1) is 13.0 Å². The Bertz CT molecular complexity index is 1290. The van der Waals surface area contributed by atoms with E-state index in [9.17, 15) is 18.0 Å². The molecule has 1 aliphatic rings. The number of halogens is 3. The van der Waals surface area contributed by atoms with Gasteiger partial charge in [-0.15, -0.1) is 0 Å². The van der Waals surface area contributed by atoms with Crippen molar-refractivity contribution in [2.45, 2.75) is 26.4 Å². The third-order valence-electron chi connectivity index (χ3n) is 6.54. The maximum atomic E-state index is 12.7. The molecule has 0 atom stereocenters. The van der Waals surface area contributed by atoms with Gasteiger partial charge >= 0.3 is 12.1 Å². The van der Waals surface area contributed by atoms with Crippen molar-refractivity contribution in [2.24, 2.45) is 0 Å². The van der Waals surface area contributed by atoms with Crippen LogP contribution in [0.25, 0.3) is 11.1 Å². The molecule has 39 heavy (non-hydrogen) atoms. The summed E-state index contributed by atoms with van der Waals surface area (Å²) in [7, 11) is 0. The molecule has 10 heteroatoms. The molecule has 4 rings (SSSR count). The fraction of sp³-hybridized carbons (Fsp3) is 0.345. The Morgan fingerprint density at radius 2 is 1.72 bits per heavy atom. The van der Waals surface area contributed by atoms with Crippen LogP contribution in [-0.4, -0.2) is 67.1 Å². The maximum Gasteiger partial charge on any atom is 0.390 e. The van der Waals surface area contributed by atoms with Crippen LogP contribution in [0.1, 0.15) is 36.3 Å². The summed E-state index contributed by atoms with van der Waals surface area (Å²) in [5, 5.41) is 11.8. The van der Waals surface area contributed by atoms with Crippen LogP contribution >= 0.6 is 0 Å². The van der Waals surface area contributed by atoms with Gasteiger partial charge in [-0.1, -0.05) is 30.3 Å². The van der Waals surface area contributed by atoms with Crippen LogP contribution in [0.5, 0.6) is 0 Å². The molecule has 3 aromatic rings. The number of esters is 1. The first-order valence-corrected chi connectivity index (χ1v) is 12.9. The molecule has 7 nitrogen and oxygen atoms in total. The monoisotopic (exact) mass is 539 g/mol. The molecule has 0 bridgehead atoms. The molecule has 2 N–H and O–H groups in total. The number of anilines is 3. The zero-order valence-corrected chi connectivity index (χ0v) is 22.0. The summed E-state index contributed by atoms with van der Waals surface area (Å²) in [6, 6.07) is 18.8. The topological polar surface area (TPSA) is 81.5 Å². The Balaban J connectivity index is 1.61. The Hall–Kier alpha value is -3.92. The molecule has 2 aromatic carbocycles. The zero-order valence-electron chi connectivity index (χ0n) is 22.0. The Labute approximate surface area is 226 Å². The lowest BCUT2D eigenvalue weighted by Crippen LogP contribution is -2.47. The summed E-state index contributed by atoms with van der Waals surface area (Å²) in [5.41, 5.74) is 4.18. The summed E-state index contributed by atoms with van der Waals surface area (Å²) < 4.78 is 42.9. The summed E-state index contributed by atoms with van der Waals surface area (Å²) in [4.78, 5) is 21.2. The van der Waals surface area contributed by atoms with Gasteiger partial charge in [0.2, 0.25) is 0 Å². The van der Waals surface area contributed by atoms with Gasteiger partial charge in [-0.25, -0.2) is 9.78 Å². The van der Waals surface area contributed by atoms with E-state index in [2.05, 4.69) is 15.2 Å². The summed E-state index contributed by atoms with van der Waals surface area (Å²) in [6.45, 7) is 6.03. The molecule has 0 radical (unpaired) electrons. The van der Waals surface area contributed by atoms with E-state index in [0.29, 0.717) is 43.1 Å². The first-order chi connectivity index (χ1) is 18.6. The highest BCUT2D eigenvalue weighted by Gasteiger charge is 2.29. The molecule has 0 amide bonds. The van der Waals surface area contributed by atoms with Crippen molar-refractivity contribution in [3.8, 4) is 11.1 Å². The van der Waals surface area contributed by atoms with Crippen LogP contribution in [0.2, 0.25) is 0 Å². The number of ether oxygens (including phenoxy) is 1. The SMILES string of the molecule is CCOC(=O)c1cc(-c2ccc(N3CCN(CCC(F)(F)F)CC3)cc2)c(C(C)=N)c(Nc2ccccc2)n1. The number of benzene rings is 2. The van der Waals surface area contributed by atoms with Crippen LogP contribution in [0.4, 0.5) is 30.4 Å². The minimum atomic E-state index is -4.14. The Morgan fingerprint density at radius 3 is 2.31 bits per heavy atom. The molecule has 0 aliphatic carbocycles. The highest BCUT2D eigenvalue weighted by atomic mass is 19.4. The number of nitrogens with one attached hydrogen (secondary N) is 2. The number of hydrogen-bond acceptors (Lipinski definition) is 7. The van der Waals surface area contributed by atoms with Gasteiger partial charge in [-0.3, -0.25) is 4.90 Å². The quantitative estimate of drug-likeness (QED) is 0.252. The lowest BCUT2D eigenvalue weighted by molar-refractivity contribution is -0.138. The molecule has 2 heterocycles. The van der Waals surface area contributed by atoms with Crippen molar-refractivity contribution in [1.29, 1.82) is 5.41 Å². The highest BCUT2D eigenvalue weighted by Crippen LogP contribution is 2.33. The second kappa shape index (κ2) is 12.3. The second-order valence-electron chi connectivity index (χ2n) is 9.36. The number of aromatic nitrogens is 1. The number of hydrogen-bond donors (Lipinski definition) is 2. The van der Waals surface area contributed by atoms with E-state index in [1.165, 1.54) is 0 Å². The molecular formula is C29H32F3N5O2. The van der Waals surface area contributed by atoms with Crippen molar-refractivity contribution >= 4 is 28.9 Å². The van der Waals surface area contributed by atoms with Gasteiger partial charge in [0, 0.05) is 55.4 Å². The Kier molecular flexibility index (Phi) is 8.86. The van der Waals surface area contributed by atoms with E-state index in [-0.39, 0.29) is 24.6 Å². The molecule has 1 fully saturated rings. The number of alkyl halides is 3. The van der Waals surface area contributed by atoms with E-state index in [0.717, 1.165) is 16.9 Å². The van der Waals surface area contributed by atoms with E-state index in [1.54, 1.807) is 19.9 Å². The van der Waals surface area contributed by atoms with E-state index < -0.39 is 18.6 Å². The van der Waals surface area contributed by atoms with Gasteiger partial charge in [-0.2, -0.15) is 13.2 Å². The molecule has 0 unspecified atom stereocenters. The van der Waals surface area contributed by atoms with Crippen LogP contribution in [0.15, 0.2) is 60.7 Å². The average molecular weight is 540 g/mol. The summed E-state index contributed by atoms with van der Waals surface area (Å²) in [6.07, 6.45) is -4.94. The number of pyridine rings is 1. The fourth-order valence-corrected chi connectivity index (χ4v) is 4.58. The van der Waals surface area contributed by atoms with Crippen LogP contribution in [0, 0.1) is 5.41 Å². The summed E-state index contributed by atoms with van der Waals surface area (Å²) >= 11 is 0. The third kappa shape index (κ3) is 7.35. The van der Waals surface area contributed by atoms with Crippen molar-refractivity contribution in [3.05, 3.63) is 71.9 Å². The first-order valence-electron chi connectivity index (χ1n) is 12.9. The normalized spacial score (nSPS) is 14.2. The molecule has 0 saturated carbocycles. The Morgan fingerprint density at radius 1 is 1.05 bits per heavy atom. The van der Waals surface area contributed by atoms with Gasteiger partial charge in [0.1, 0.15) is 5.82 Å². The fourth-order valence-electron chi connectivity index (χ4n) is 4.58. The molecular weight excluding hydrogens is 507 g/mol. The molecule has 1 aromatic heterocycles. The van der Waals surface area contributed by atoms with Crippen molar-refractivity contribution in [3.63, 3.8) is 0 Å². The van der Waals surface area contributed by atoms with Crippen molar-refractivity contribution in [2.75, 3.05) is 49.5 Å². The number of rotatable bonds is 9. The minimum absolute atomic E-state index is 0.0201. The van der Waals surface area contributed by atoms with E-state index >= 15 is 0 Å². The number of piperazine rings is 1. The van der Waals surface area contributed by atoms with Gasteiger partial charge in [-0.05, 0) is 55.3 Å². The van der Waals surface area contributed by atoms with E-state index in [1.807, 2.05) is 59.5 Å². The average Bonchev–Trinajstić information content (AvgIpc) is 2.92. The van der Waals surface area contributed by atoms with Gasteiger partial charge in [0.25, 0.3) is 0 Å². The molecule has 1 aliphatic heterocycles. The lowest BCUT2D eigenvalue weighted by atomic mass is 9.96. The maximum absolute atomic E-state index is 12.7. The predicted molar refractivity (Wildman–Crippen MR) is 147 cm³/mol. The second-order valence-corrected chi connectivity index (χ2v) is 9.36. The minimum Gasteiger partial charge on any atom is -0.461 e. The van der Waals surface area contributed by atoms with Gasteiger partial charge in [0.15, 0.2) is 5.69 Å². The van der Waals surface area contributed by atoms with E-state index in [4.69, 9.17) is 10.1 Å². The number of para-hydroxylation sites is 1. The van der Waals surface area contributed by atoms with Crippen LogP contribution in [0.3, 0.4) is 0 Å². The number of nitrogens with zero attached hydrogens (tertiary/aromatic N) is 3. The molecule has 0 spiro atoms. The number of carbonyl (C=O) groups excluding carboxylic acids is 1. The third-order valence-corrected chi connectivity index (χ3v) is 6.54. The van der Waals surface area contributed by atoms with Crippen LogP contribution in [-0.2, 0) is 4.74 Å². The highest BCUT2D eigenvalue weighted by molar-refractivity contribution is 6.08. The lowest BCUT2D eigenvalue weighted by Gasteiger charge is -2.36. The largest absolute Gasteiger partial charge is 0.461 e.